The van der Waals surface area contributed by atoms with Crippen LogP contribution in [0, 0.1) is 0 Å². The number of hydrogen-bond donors (Lipinski definition) is 4. The molecule has 4 N–H and O–H groups in total. The van der Waals surface area contributed by atoms with E-state index >= 15 is 0 Å². The number of nitrogens with zero attached hydrogens (tertiary/aromatic N) is 4. The first-order valence-corrected chi connectivity index (χ1v) is 49.2. The fraction of sp³-hybridized carbons (Fsp3) is 1.00. The van der Waals surface area contributed by atoms with Crippen LogP contribution in [0.5, 0.6) is 0 Å². The Bertz CT molecular complexity index is 1340. The summed E-state index contributed by atoms with van der Waals surface area (Å²) in [6.07, 6.45) is 78.3. The molecule has 6 atom stereocenters. The molecule has 0 amide bonds. The standard InChI is InChI=1S/C86H176N4O4S4/c1-7-11-15-19-23-27-31-35-39-43-47-51-55-59-63-83(91)77-87(78-84(92)64-60-56-52-48-44-40-36-32-28-24-20-16-12-8-2)67-71-95-97-73-69-89-75-82(6)90(76-81(89)5)70-74-98-96-72-68-88(79-85(93)65-61-57-53-49-45-41-37-33-29-25-21-17-13-9-3)80-86(94)66-62-58-54-50-46-42-38-34-30-26-22-18-14-10-4/h81-86,91-94H,7-80H2,1-6H3. The molecule has 1 fully saturated rings. The average molecular weight is 1460 g/mol. The molecule has 0 aromatic heterocycles. The zero-order chi connectivity index (χ0) is 70.9. The average Bonchev–Trinajstić information content (AvgIpc) is 0.867. The van der Waals surface area contributed by atoms with E-state index in [1.165, 1.54) is 334 Å². The monoisotopic (exact) mass is 1460 g/mol. The summed E-state index contributed by atoms with van der Waals surface area (Å²) in [6.45, 7) is 23.2. The molecule has 98 heavy (non-hydrogen) atoms. The summed E-state index contributed by atoms with van der Waals surface area (Å²) in [5.74, 6) is 4.31. The first-order valence-electron chi connectivity index (χ1n) is 44.3. The summed E-state index contributed by atoms with van der Waals surface area (Å²) in [5, 5.41) is 45.2. The SMILES string of the molecule is CCCCCCCCCCCCCCCCC(O)CN(CCSSCCN1CC(C)N(CCSSCCN(CC(O)CCCCCCCCCCCCCCCC)CC(O)CCCCCCCCCCCCCCCC)CC1C)CC(O)CCCCCCCCCCCCCCCC. The van der Waals surface area contributed by atoms with E-state index in [0.717, 1.165) is 114 Å². The Kier molecular flexibility index (Phi) is 77.0. The molecule has 8 nitrogen and oxygen atoms in total. The maximum absolute atomic E-state index is 11.3. The van der Waals surface area contributed by atoms with Crippen LogP contribution in [0.1, 0.15) is 427 Å². The molecule has 1 rings (SSSR count). The summed E-state index contributed by atoms with van der Waals surface area (Å²) >= 11 is 0. The van der Waals surface area contributed by atoms with E-state index < -0.39 is 0 Å². The van der Waals surface area contributed by atoms with Gasteiger partial charge in [-0.05, 0) is 39.5 Å². The molecule has 588 valence electrons. The van der Waals surface area contributed by atoms with Gasteiger partial charge in [0, 0.05) is 101 Å². The van der Waals surface area contributed by atoms with Crippen LogP contribution < -0.4 is 0 Å². The minimum atomic E-state index is -0.313. The summed E-state index contributed by atoms with van der Waals surface area (Å²) in [5.41, 5.74) is 0. The van der Waals surface area contributed by atoms with Gasteiger partial charge in [0.05, 0.1) is 24.4 Å². The van der Waals surface area contributed by atoms with E-state index in [1.807, 2.05) is 43.2 Å². The van der Waals surface area contributed by atoms with Crippen molar-refractivity contribution in [3.63, 3.8) is 0 Å². The molecule has 0 spiro atoms. The highest BCUT2D eigenvalue weighted by atomic mass is 33.1. The summed E-state index contributed by atoms with van der Waals surface area (Å²) < 4.78 is 0. The fourth-order valence-electron chi connectivity index (χ4n) is 15.1. The molecule has 0 radical (unpaired) electrons. The molecule has 1 aliphatic rings. The van der Waals surface area contributed by atoms with Gasteiger partial charge in [-0.15, -0.1) is 0 Å². The van der Waals surface area contributed by atoms with Crippen LogP contribution >= 0.6 is 43.2 Å². The highest BCUT2D eigenvalue weighted by Gasteiger charge is 2.28. The van der Waals surface area contributed by atoms with Gasteiger partial charge in [-0.2, -0.15) is 0 Å². The van der Waals surface area contributed by atoms with Gasteiger partial charge in [-0.3, -0.25) is 19.6 Å². The van der Waals surface area contributed by atoms with E-state index in [0.29, 0.717) is 38.3 Å². The molecule has 0 bridgehead atoms. The van der Waals surface area contributed by atoms with Crippen molar-refractivity contribution in [2.45, 2.75) is 463 Å². The largest absolute Gasteiger partial charge is 0.392 e. The van der Waals surface area contributed by atoms with Crippen LogP contribution in [0.2, 0.25) is 0 Å². The van der Waals surface area contributed by atoms with Crippen LogP contribution in [-0.4, -0.2) is 165 Å². The maximum atomic E-state index is 11.3. The van der Waals surface area contributed by atoms with E-state index in [2.05, 4.69) is 61.1 Å². The Balaban J connectivity index is 2.53. The lowest BCUT2D eigenvalue weighted by Crippen LogP contribution is -2.57. The topological polar surface area (TPSA) is 93.9 Å². The van der Waals surface area contributed by atoms with Crippen molar-refractivity contribution < 1.29 is 20.4 Å². The molecule has 1 heterocycles. The Morgan fingerprint density at radius 3 is 0.602 bits per heavy atom. The van der Waals surface area contributed by atoms with E-state index in [9.17, 15) is 20.4 Å². The second-order valence-electron chi connectivity index (χ2n) is 31.6. The van der Waals surface area contributed by atoms with Gasteiger partial charge in [0.25, 0.3) is 0 Å². The van der Waals surface area contributed by atoms with Gasteiger partial charge in [-0.1, -0.05) is 430 Å². The maximum Gasteiger partial charge on any atom is 0.0667 e. The van der Waals surface area contributed by atoms with Gasteiger partial charge < -0.3 is 20.4 Å². The zero-order valence-electron chi connectivity index (χ0n) is 67.0. The molecular formula is C86H176N4O4S4. The minimum absolute atomic E-state index is 0.313. The highest BCUT2D eigenvalue weighted by Crippen LogP contribution is 2.27. The lowest BCUT2D eigenvalue weighted by Gasteiger charge is -2.44. The van der Waals surface area contributed by atoms with E-state index in [-0.39, 0.29) is 24.4 Å². The molecule has 0 saturated carbocycles. The molecular weight excluding hydrogens is 1280 g/mol. The second-order valence-corrected chi connectivity index (χ2v) is 37.1. The Labute approximate surface area is 630 Å². The number of piperazine rings is 1. The predicted molar refractivity (Wildman–Crippen MR) is 449 cm³/mol. The summed E-state index contributed by atoms with van der Waals surface area (Å²) in [6, 6.07) is 1.10. The molecule has 0 aliphatic carbocycles. The number of hydrogen-bond acceptors (Lipinski definition) is 12. The van der Waals surface area contributed by atoms with Crippen molar-refractivity contribution in [2.24, 2.45) is 0 Å². The van der Waals surface area contributed by atoms with Gasteiger partial charge in [0.1, 0.15) is 0 Å². The molecule has 6 unspecified atom stereocenters. The molecule has 12 heteroatoms. The number of aliphatic hydroxyl groups is 4. The first-order chi connectivity index (χ1) is 48.1. The lowest BCUT2D eigenvalue weighted by molar-refractivity contribution is 0.0516. The number of unbranched alkanes of at least 4 members (excludes halogenated alkanes) is 52. The minimum Gasteiger partial charge on any atom is -0.392 e. The normalized spacial score (nSPS) is 16.2. The third kappa shape index (κ3) is 67.7. The Morgan fingerprint density at radius 1 is 0.255 bits per heavy atom. The first kappa shape index (κ1) is 97.1. The summed E-state index contributed by atoms with van der Waals surface area (Å²) in [7, 11) is 8.01. The quantitative estimate of drug-likeness (QED) is 0.0345. The van der Waals surface area contributed by atoms with Crippen molar-refractivity contribution in [1.82, 2.24) is 19.6 Å². The van der Waals surface area contributed by atoms with Crippen LogP contribution in [0.3, 0.4) is 0 Å². The number of rotatable bonds is 82. The van der Waals surface area contributed by atoms with E-state index in [1.54, 1.807) is 0 Å². The third-order valence-corrected chi connectivity index (χ3v) is 26.5. The van der Waals surface area contributed by atoms with Gasteiger partial charge in [0.2, 0.25) is 0 Å². The Hall–Kier alpha value is 1.08. The highest BCUT2D eigenvalue weighted by molar-refractivity contribution is 8.77. The van der Waals surface area contributed by atoms with Crippen molar-refractivity contribution in [1.29, 1.82) is 0 Å². The molecule has 0 aromatic rings. The number of aliphatic hydroxyl groups excluding tert-OH is 4. The van der Waals surface area contributed by atoms with Crippen molar-refractivity contribution in [3.05, 3.63) is 0 Å². The second kappa shape index (κ2) is 77.7. The third-order valence-electron chi connectivity index (χ3n) is 21.8. The summed E-state index contributed by atoms with van der Waals surface area (Å²) in [4.78, 5) is 10.2. The fourth-order valence-corrected chi connectivity index (χ4v) is 19.2. The van der Waals surface area contributed by atoms with E-state index in [4.69, 9.17) is 0 Å². The van der Waals surface area contributed by atoms with Crippen molar-refractivity contribution in [2.75, 3.05) is 88.5 Å². The van der Waals surface area contributed by atoms with Crippen molar-refractivity contribution >= 4 is 43.2 Å². The van der Waals surface area contributed by atoms with Crippen LogP contribution in [0.25, 0.3) is 0 Å². The Morgan fingerprint density at radius 2 is 0.418 bits per heavy atom. The van der Waals surface area contributed by atoms with Gasteiger partial charge in [-0.25, -0.2) is 0 Å². The zero-order valence-corrected chi connectivity index (χ0v) is 70.3. The van der Waals surface area contributed by atoms with Crippen LogP contribution in [0.4, 0.5) is 0 Å². The molecule has 1 aliphatic heterocycles. The van der Waals surface area contributed by atoms with Crippen LogP contribution in [-0.2, 0) is 0 Å². The molecule has 1 saturated heterocycles. The lowest BCUT2D eigenvalue weighted by atomic mass is 10.0. The smallest absolute Gasteiger partial charge is 0.0667 e. The van der Waals surface area contributed by atoms with Gasteiger partial charge >= 0.3 is 0 Å². The van der Waals surface area contributed by atoms with Crippen LogP contribution in [0.15, 0.2) is 0 Å². The van der Waals surface area contributed by atoms with Gasteiger partial charge in [0.15, 0.2) is 0 Å². The molecule has 0 aromatic carbocycles. The van der Waals surface area contributed by atoms with Crippen molar-refractivity contribution in [3.8, 4) is 0 Å². The predicted octanol–water partition coefficient (Wildman–Crippen LogP) is 25.7.